The van der Waals surface area contributed by atoms with Crippen molar-refractivity contribution in [1.82, 2.24) is 25.5 Å². The Kier molecular flexibility index (Phi) is 6.26. The van der Waals surface area contributed by atoms with E-state index in [1.54, 1.807) is 13.2 Å². The molecule has 0 spiro atoms. The fourth-order valence-electron chi connectivity index (χ4n) is 2.59. The number of aromatic nitrogens is 2. The van der Waals surface area contributed by atoms with Crippen molar-refractivity contribution in [2.45, 2.75) is 6.54 Å². The van der Waals surface area contributed by atoms with Crippen molar-refractivity contribution in [3.8, 4) is 11.8 Å². The quantitative estimate of drug-likeness (QED) is 0.595. The average molecular weight is 375 g/mol. The SMILES string of the molecule is CN(CCNC(=O)NCc1ccnc2[nH]ccc12)C(=O)C#Cc1ccccc1. The number of hydrogen-bond donors (Lipinski definition) is 3. The Labute approximate surface area is 163 Å². The first-order valence-corrected chi connectivity index (χ1v) is 8.88. The van der Waals surface area contributed by atoms with Crippen LogP contribution < -0.4 is 10.6 Å². The van der Waals surface area contributed by atoms with Gasteiger partial charge in [-0.05, 0) is 29.8 Å². The summed E-state index contributed by atoms with van der Waals surface area (Å²) in [5, 5.41) is 6.52. The average Bonchev–Trinajstić information content (AvgIpc) is 3.20. The van der Waals surface area contributed by atoms with Gasteiger partial charge in [-0.2, -0.15) is 0 Å². The molecule has 7 nitrogen and oxygen atoms in total. The second-order valence-electron chi connectivity index (χ2n) is 6.16. The zero-order valence-electron chi connectivity index (χ0n) is 15.5. The number of carbonyl (C=O) groups is 2. The molecule has 3 amide bonds. The van der Waals surface area contributed by atoms with Crippen LogP contribution in [0.4, 0.5) is 4.79 Å². The molecule has 0 saturated carbocycles. The number of nitrogens with zero attached hydrogens (tertiary/aromatic N) is 2. The molecule has 0 fully saturated rings. The number of aromatic amines is 1. The molecule has 2 heterocycles. The topological polar surface area (TPSA) is 90.1 Å². The van der Waals surface area contributed by atoms with Gasteiger partial charge in [0, 0.05) is 55.9 Å². The molecule has 28 heavy (non-hydrogen) atoms. The predicted molar refractivity (Wildman–Crippen MR) is 107 cm³/mol. The Morgan fingerprint density at radius 2 is 1.96 bits per heavy atom. The molecular weight excluding hydrogens is 354 g/mol. The Hall–Kier alpha value is -3.79. The van der Waals surface area contributed by atoms with E-state index in [4.69, 9.17) is 0 Å². The van der Waals surface area contributed by atoms with Crippen LogP contribution in [0.3, 0.4) is 0 Å². The fourth-order valence-corrected chi connectivity index (χ4v) is 2.59. The molecule has 0 saturated heterocycles. The monoisotopic (exact) mass is 375 g/mol. The third-order valence-corrected chi connectivity index (χ3v) is 4.16. The summed E-state index contributed by atoms with van der Waals surface area (Å²) in [5.41, 5.74) is 2.55. The molecular formula is C21H21N5O2. The molecule has 142 valence electrons. The van der Waals surface area contributed by atoms with Crippen LogP contribution in [0, 0.1) is 11.8 Å². The van der Waals surface area contributed by atoms with Gasteiger partial charge in [0.15, 0.2) is 0 Å². The Bertz CT molecular complexity index is 1020. The van der Waals surface area contributed by atoms with Crippen LogP contribution in [0.5, 0.6) is 0 Å². The molecule has 3 N–H and O–H groups in total. The first-order chi connectivity index (χ1) is 13.6. The van der Waals surface area contributed by atoms with Crippen molar-refractivity contribution in [2.75, 3.05) is 20.1 Å². The molecule has 0 aliphatic rings. The van der Waals surface area contributed by atoms with E-state index in [0.29, 0.717) is 19.6 Å². The van der Waals surface area contributed by atoms with Crippen molar-refractivity contribution in [2.24, 2.45) is 0 Å². The summed E-state index contributed by atoms with van der Waals surface area (Å²) in [6.45, 7) is 1.09. The molecule has 2 aromatic heterocycles. The molecule has 0 radical (unpaired) electrons. The maximum Gasteiger partial charge on any atom is 0.315 e. The summed E-state index contributed by atoms with van der Waals surface area (Å²) >= 11 is 0. The second kappa shape index (κ2) is 9.24. The third kappa shape index (κ3) is 5.11. The molecule has 0 atom stereocenters. The minimum absolute atomic E-state index is 0.294. The van der Waals surface area contributed by atoms with Crippen molar-refractivity contribution >= 4 is 23.0 Å². The number of carbonyl (C=O) groups excluding carboxylic acids is 2. The van der Waals surface area contributed by atoms with Crippen molar-refractivity contribution < 1.29 is 9.59 Å². The third-order valence-electron chi connectivity index (χ3n) is 4.16. The van der Waals surface area contributed by atoms with E-state index < -0.39 is 0 Å². The van der Waals surface area contributed by atoms with E-state index in [1.165, 1.54) is 4.90 Å². The number of H-pyrrole nitrogens is 1. The van der Waals surface area contributed by atoms with Crippen LogP contribution in [-0.4, -0.2) is 46.9 Å². The highest BCUT2D eigenvalue weighted by Gasteiger charge is 2.07. The normalized spacial score (nSPS) is 10.0. The lowest BCUT2D eigenvalue weighted by molar-refractivity contribution is -0.123. The highest BCUT2D eigenvalue weighted by molar-refractivity contribution is 5.94. The van der Waals surface area contributed by atoms with Crippen LogP contribution >= 0.6 is 0 Å². The van der Waals surface area contributed by atoms with Crippen molar-refractivity contribution in [3.05, 3.63) is 66.0 Å². The Balaban J connectivity index is 1.40. The van der Waals surface area contributed by atoms with Gasteiger partial charge in [-0.15, -0.1) is 0 Å². The minimum atomic E-state index is -0.295. The largest absolute Gasteiger partial charge is 0.346 e. The minimum Gasteiger partial charge on any atom is -0.346 e. The van der Waals surface area contributed by atoms with Crippen LogP contribution in [0.2, 0.25) is 0 Å². The van der Waals surface area contributed by atoms with Crippen LogP contribution in [0.1, 0.15) is 11.1 Å². The number of nitrogens with one attached hydrogen (secondary N) is 3. The van der Waals surface area contributed by atoms with E-state index in [-0.39, 0.29) is 11.9 Å². The Morgan fingerprint density at radius 1 is 1.14 bits per heavy atom. The van der Waals surface area contributed by atoms with Gasteiger partial charge in [-0.25, -0.2) is 9.78 Å². The zero-order valence-corrected chi connectivity index (χ0v) is 15.5. The maximum atomic E-state index is 12.0. The van der Waals surface area contributed by atoms with Crippen LogP contribution in [0.15, 0.2) is 54.9 Å². The first kappa shape index (κ1) is 19.0. The molecule has 0 unspecified atom stereocenters. The van der Waals surface area contributed by atoms with Gasteiger partial charge in [-0.1, -0.05) is 24.1 Å². The highest BCUT2D eigenvalue weighted by Crippen LogP contribution is 2.14. The van der Waals surface area contributed by atoms with E-state index in [9.17, 15) is 9.59 Å². The van der Waals surface area contributed by atoms with Gasteiger partial charge >= 0.3 is 6.03 Å². The number of benzene rings is 1. The van der Waals surface area contributed by atoms with E-state index >= 15 is 0 Å². The van der Waals surface area contributed by atoms with Gasteiger partial charge in [0.2, 0.25) is 0 Å². The van der Waals surface area contributed by atoms with Gasteiger partial charge in [0.05, 0.1) is 0 Å². The molecule has 3 aromatic rings. The van der Waals surface area contributed by atoms with Crippen molar-refractivity contribution in [3.63, 3.8) is 0 Å². The van der Waals surface area contributed by atoms with Crippen molar-refractivity contribution in [1.29, 1.82) is 0 Å². The van der Waals surface area contributed by atoms with Gasteiger partial charge in [-0.3, -0.25) is 4.79 Å². The summed E-state index contributed by atoms with van der Waals surface area (Å²) in [7, 11) is 1.65. The summed E-state index contributed by atoms with van der Waals surface area (Å²) in [4.78, 5) is 32.7. The van der Waals surface area contributed by atoms with E-state index in [2.05, 4.69) is 32.4 Å². The molecule has 0 bridgehead atoms. The Morgan fingerprint density at radius 3 is 2.79 bits per heavy atom. The molecule has 0 aliphatic carbocycles. The molecule has 0 aliphatic heterocycles. The predicted octanol–water partition coefficient (Wildman–Crippen LogP) is 1.87. The molecule has 3 rings (SSSR count). The van der Waals surface area contributed by atoms with Crippen LogP contribution in [0.25, 0.3) is 11.0 Å². The summed E-state index contributed by atoms with van der Waals surface area (Å²) in [5.74, 6) is 5.13. The molecule has 7 heteroatoms. The van der Waals surface area contributed by atoms with Gasteiger partial charge < -0.3 is 20.5 Å². The fraction of sp³-hybridized carbons (Fsp3) is 0.190. The summed E-state index contributed by atoms with van der Waals surface area (Å²) < 4.78 is 0. The molecule has 1 aromatic carbocycles. The standard InChI is InChI=1S/C21H21N5O2/c1-26(19(27)8-7-16-5-3-2-4-6-16)14-13-24-21(28)25-15-17-9-11-22-20-18(17)10-12-23-20/h2-6,9-12H,13-15H2,1H3,(H,22,23)(H2,24,25,28). The lowest BCUT2D eigenvalue weighted by atomic mass is 10.2. The summed E-state index contributed by atoms with van der Waals surface area (Å²) in [6, 6.07) is 12.8. The van der Waals surface area contributed by atoms with E-state index in [1.807, 2.05) is 48.7 Å². The summed E-state index contributed by atoms with van der Waals surface area (Å²) in [6.07, 6.45) is 3.51. The number of fused-ring (bicyclic) bond motifs is 1. The highest BCUT2D eigenvalue weighted by atomic mass is 16.2. The first-order valence-electron chi connectivity index (χ1n) is 8.88. The second-order valence-corrected chi connectivity index (χ2v) is 6.16. The zero-order chi connectivity index (χ0) is 19.8. The van der Waals surface area contributed by atoms with Gasteiger partial charge in [0.25, 0.3) is 5.91 Å². The van der Waals surface area contributed by atoms with Crippen LogP contribution in [-0.2, 0) is 11.3 Å². The number of hydrogen-bond acceptors (Lipinski definition) is 3. The maximum absolute atomic E-state index is 12.0. The number of amides is 3. The van der Waals surface area contributed by atoms with E-state index in [0.717, 1.165) is 22.2 Å². The van der Waals surface area contributed by atoms with Gasteiger partial charge in [0.1, 0.15) is 5.65 Å². The lowest BCUT2D eigenvalue weighted by Crippen LogP contribution is -2.40. The number of urea groups is 1. The number of likely N-dealkylation sites (N-methyl/N-ethyl adjacent to an activating group) is 1. The number of pyridine rings is 1. The number of rotatable bonds is 5. The smallest absolute Gasteiger partial charge is 0.315 e. The lowest BCUT2D eigenvalue weighted by Gasteiger charge is -2.14.